The van der Waals surface area contributed by atoms with E-state index in [9.17, 15) is 18.0 Å². The van der Waals surface area contributed by atoms with Gasteiger partial charge in [0, 0.05) is 18.1 Å². The fraction of sp³-hybridized carbons (Fsp3) is 0.611. The summed E-state index contributed by atoms with van der Waals surface area (Å²) in [5.41, 5.74) is -0.548. The summed E-state index contributed by atoms with van der Waals surface area (Å²) in [4.78, 5) is 13.7. The van der Waals surface area contributed by atoms with Crippen molar-refractivity contribution in [1.82, 2.24) is 4.90 Å². The summed E-state index contributed by atoms with van der Waals surface area (Å²) < 4.78 is 43.4. The van der Waals surface area contributed by atoms with Crippen molar-refractivity contribution in [1.29, 1.82) is 0 Å². The molecule has 1 heterocycles. The van der Waals surface area contributed by atoms with Gasteiger partial charge in [0.25, 0.3) is 0 Å². The van der Waals surface area contributed by atoms with Gasteiger partial charge >= 0.3 is 12.3 Å². The SMILES string of the molecule is CC(C)(C)OC(=O)N1CCC(Cc2ccc(C(F)(F)F)cc2Cl)CC1. The molecule has 0 bridgehead atoms. The molecule has 1 aliphatic rings. The predicted molar refractivity (Wildman–Crippen MR) is 90.7 cm³/mol. The van der Waals surface area contributed by atoms with E-state index in [2.05, 4.69) is 0 Å². The first-order valence-electron chi connectivity index (χ1n) is 8.29. The third-order valence-electron chi connectivity index (χ3n) is 4.16. The van der Waals surface area contributed by atoms with Crippen molar-refractivity contribution in [3.63, 3.8) is 0 Å². The van der Waals surface area contributed by atoms with Gasteiger partial charge in [-0.2, -0.15) is 13.2 Å². The van der Waals surface area contributed by atoms with Crippen LogP contribution in [-0.4, -0.2) is 29.7 Å². The van der Waals surface area contributed by atoms with Gasteiger partial charge in [0.1, 0.15) is 5.60 Å². The normalized spacial score (nSPS) is 16.8. The molecule has 140 valence electrons. The Kier molecular flexibility index (Phi) is 5.92. The van der Waals surface area contributed by atoms with Crippen LogP contribution in [0.4, 0.5) is 18.0 Å². The highest BCUT2D eigenvalue weighted by atomic mass is 35.5. The van der Waals surface area contributed by atoms with Crippen LogP contribution in [0.1, 0.15) is 44.7 Å². The van der Waals surface area contributed by atoms with E-state index in [0.717, 1.165) is 25.0 Å². The molecule has 0 spiro atoms. The molecular weight excluding hydrogens is 355 g/mol. The van der Waals surface area contributed by atoms with E-state index in [-0.39, 0.29) is 17.0 Å². The Morgan fingerprint density at radius 2 is 1.84 bits per heavy atom. The zero-order valence-electron chi connectivity index (χ0n) is 14.6. The van der Waals surface area contributed by atoms with Gasteiger partial charge in [0.15, 0.2) is 0 Å². The van der Waals surface area contributed by atoms with Crippen molar-refractivity contribution in [2.24, 2.45) is 5.92 Å². The number of nitrogens with zero attached hydrogens (tertiary/aromatic N) is 1. The van der Waals surface area contributed by atoms with Crippen LogP contribution in [0.5, 0.6) is 0 Å². The highest BCUT2D eigenvalue weighted by molar-refractivity contribution is 6.31. The zero-order valence-corrected chi connectivity index (χ0v) is 15.4. The molecule has 1 aromatic carbocycles. The topological polar surface area (TPSA) is 29.5 Å². The molecule has 0 atom stereocenters. The maximum Gasteiger partial charge on any atom is 0.416 e. The summed E-state index contributed by atoms with van der Waals surface area (Å²) >= 11 is 6.02. The second-order valence-corrected chi connectivity index (χ2v) is 7.83. The van der Waals surface area contributed by atoms with E-state index in [4.69, 9.17) is 16.3 Å². The Hall–Kier alpha value is -1.43. The Morgan fingerprint density at radius 1 is 1.24 bits per heavy atom. The highest BCUT2D eigenvalue weighted by Gasteiger charge is 2.31. The largest absolute Gasteiger partial charge is 0.444 e. The maximum absolute atomic E-state index is 12.7. The van der Waals surface area contributed by atoms with Crippen molar-refractivity contribution in [2.45, 2.75) is 51.8 Å². The number of likely N-dealkylation sites (tertiary alicyclic amines) is 1. The minimum Gasteiger partial charge on any atom is -0.444 e. The molecule has 2 rings (SSSR count). The molecule has 1 fully saturated rings. The number of rotatable bonds is 2. The number of hydrogen-bond donors (Lipinski definition) is 0. The number of benzene rings is 1. The molecule has 0 unspecified atom stereocenters. The monoisotopic (exact) mass is 377 g/mol. The maximum atomic E-state index is 12.7. The Labute approximate surface area is 151 Å². The zero-order chi connectivity index (χ0) is 18.8. The first-order chi connectivity index (χ1) is 11.5. The summed E-state index contributed by atoms with van der Waals surface area (Å²) in [7, 11) is 0. The fourth-order valence-corrected chi connectivity index (χ4v) is 3.10. The molecule has 1 aliphatic heterocycles. The lowest BCUT2D eigenvalue weighted by Crippen LogP contribution is -2.42. The van der Waals surface area contributed by atoms with E-state index in [0.29, 0.717) is 25.1 Å². The van der Waals surface area contributed by atoms with Crippen LogP contribution >= 0.6 is 11.6 Å². The molecule has 25 heavy (non-hydrogen) atoms. The van der Waals surface area contributed by atoms with E-state index < -0.39 is 17.3 Å². The van der Waals surface area contributed by atoms with Crippen LogP contribution in [0.3, 0.4) is 0 Å². The van der Waals surface area contributed by atoms with Crippen molar-refractivity contribution >= 4 is 17.7 Å². The van der Waals surface area contributed by atoms with Gasteiger partial charge in [0.2, 0.25) is 0 Å². The number of alkyl halides is 3. The van der Waals surface area contributed by atoms with Crippen LogP contribution in [0, 0.1) is 5.92 Å². The molecule has 1 saturated heterocycles. The average molecular weight is 378 g/mol. The van der Waals surface area contributed by atoms with Crippen molar-refractivity contribution in [3.8, 4) is 0 Å². The second-order valence-electron chi connectivity index (χ2n) is 7.42. The third kappa shape index (κ3) is 5.80. The first-order valence-corrected chi connectivity index (χ1v) is 8.67. The van der Waals surface area contributed by atoms with Crippen LogP contribution in [-0.2, 0) is 17.3 Å². The molecular formula is C18H23ClF3NO2. The summed E-state index contributed by atoms with van der Waals surface area (Å²) in [6.07, 6.45) is -2.55. The van der Waals surface area contributed by atoms with Gasteiger partial charge in [-0.1, -0.05) is 17.7 Å². The number of ether oxygens (including phenoxy) is 1. The van der Waals surface area contributed by atoms with Gasteiger partial charge in [-0.05, 0) is 63.6 Å². The number of carbonyl (C=O) groups is 1. The third-order valence-corrected chi connectivity index (χ3v) is 4.51. The lowest BCUT2D eigenvalue weighted by molar-refractivity contribution is -0.137. The number of piperidine rings is 1. The summed E-state index contributed by atoms with van der Waals surface area (Å²) in [6.45, 7) is 6.63. The van der Waals surface area contributed by atoms with E-state index >= 15 is 0 Å². The van der Waals surface area contributed by atoms with Gasteiger partial charge in [-0.25, -0.2) is 4.79 Å². The quantitative estimate of drug-likeness (QED) is 0.676. The standard InChI is InChI=1S/C18H23ClF3NO2/c1-17(2,3)25-16(24)23-8-6-12(7-9-23)10-13-4-5-14(11-15(13)19)18(20,21)22/h4-5,11-12H,6-10H2,1-3H3. The van der Waals surface area contributed by atoms with E-state index in [1.54, 1.807) is 4.90 Å². The van der Waals surface area contributed by atoms with Crippen molar-refractivity contribution in [2.75, 3.05) is 13.1 Å². The lowest BCUT2D eigenvalue weighted by atomic mass is 9.90. The lowest BCUT2D eigenvalue weighted by Gasteiger charge is -2.33. The van der Waals surface area contributed by atoms with Crippen LogP contribution in [0.2, 0.25) is 5.02 Å². The van der Waals surface area contributed by atoms with Gasteiger partial charge in [-0.15, -0.1) is 0 Å². The van der Waals surface area contributed by atoms with Crippen molar-refractivity contribution in [3.05, 3.63) is 34.3 Å². The first kappa shape index (κ1) is 19.9. The van der Waals surface area contributed by atoms with E-state index in [1.807, 2.05) is 20.8 Å². The van der Waals surface area contributed by atoms with Crippen molar-refractivity contribution < 1.29 is 22.7 Å². The molecule has 1 amide bonds. The summed E-state index contributed by atoms with van der Waals surface area (Å²) in [5, 5.41) is 0.143. The van der Waals surface area contributed by atoms with Crippen LogP contribution in [0.15, 0.2) is 18.2 Å². The second kappa shape index (κ2) is 7.44. The molecule has 0 N–H and O–H groups in total. The number of amides is 1. The average Bonchev–Trinajstić information content (AvgIpc) is 2.47. The number of halogens is 4. The summed E-state index contributed by atoms with van der Waals surface area (Å²) in [6, 6.07) is 3.50. The summed E-state index contributed by atoms with van der Waals surface area (Å²) in [5.74, 6) is 0.285. The minimum atomic E-state index is -4.39. The van der Waals surface area contributed by atoms with Gasteiger partial charge < -0.3 is 9.64 Å². The Bertz CT molecular complexity index is 618. The number of hydrogen-bond acceptors (Lipinski definition) is 2. The van der Waals surface area contributed by atoms with Crippen LogP contribution in [0.25, 0.3) is 0 Å². The Morgan fingerprint density at radius 3 is 2.32 bits per heavy atom. The molecule has 0 aliphatic carbocycles. The number of carbonyl (C=O) groups excluding carboxylic acids is 1. The molecule has 1 aromatic rings. The predicted octanol–water partition coefficient (Wildman–Crippen LogP) is 5.55. The molecule has 7 heteroatoms. The van der Waals surface area contributed by atoms with Gasteiger partial charge in [0.05, 0.1) is 5.56 Å². The molecule has 0 saturated carbocycles. The fourth-order valence-electron chi connectivity index (χ4n) is 2.85. The Balaban J connectivity index is 1.91. The van der Waals surface area contributed by atoms with Crippen LogP contribution < -0.4 is 0 Å². The van der Waals surface area contributed by atoms with Gasteiger partial charge in [-0.3, -0.25) is 0 Å². The highest BCUT2D eigenvalue weighted by Crippen LogP contribution is 2.33. The smallest absolute Gasteiger partial charge is 0.416 e. The molecule has 3 nitrogen and oxygen atoms in total. The van der Waals surface area contributed by atoms with E-state index in [1.165, 1.54) is 6.07 Å². The molecule has 0 radical (unpaired) electrons. The minimum absolute atomic E-state index is 0.143. The molecule has 0 aromatic heterocycles.